The van der Waals surface area contributed by atoms with Crippen LogP contribution in [0.5, 0.6) is 0 Å². The van der Waals surface area contributed by atoms with E-state index in [1.165, 1.54) is 6.08 Å². The Labute approximate surface area is 83.6 Å². The average molecular weight is 193 g/mol. The minimum Gasteiger partial charge on any atom is -0.350 e. The lowest BCUT2D eigenvalue weighted by Crippen LogP contribution is -2.33. The van der Waals surface area contributed by atoms with Gasteiger partial charge in [0.2, 0.25) is 5.91 Å². The second kappa shape index (κ2) is 4.60. The molecule has 1 rings (SSSR count). The van der Waals surface area contributed by atoms with Gasteiger partial charge in [0, 0.05) is 31.4 Å². The molecule has 0 saturated heterocycles. The molecule has 14 heavy (non-hydrogen) atoms. The van der Waals surface area contributed by atoms with Gasteiger partial charge in [-0.2, -0.15) is 5.10 Å². The van der Waals surface area contributed by atoms with Gasteiger partial charge >= 0.3 is 0 Å². The van der Waals surface area contributed by atoms with Gasteiger partial charge in [-0.15, -0.1) is 0 Å². The standard InChI is InChI=1S/C10H15N3O/c1-4-10(14)12-8(2)7-9-5-6-11-13(9)3/h4-6,8H,1,7H2,2-3H3,(H,12,14)/t8-/m0/s1. The van der Waals surface area contributed by atoms with Gasteiger partial charge in [-0.25, -0.2) is 0 Å². The van der Waals surface area contributed by atoms with E-state index in [0.717, 1.165) is 12.1 Å². The first-order chi connectivity index (χ1) is 6.63. The molecule has 1 atom stereocenters. The minimum atomic E-state index is -0.139. The number of aromatic nitrogens is 2. The number of carbonyl (C=O) groups is 1. The van der Waals surface area contributed by atoms with Crippen molar-refractivity contribution >= 4 is 5.91 Å². The number of hydrogen-bond acceptors (Lipinski definition) is 2. The number of aryl methyl sites for hydroxylation is 1. The van der Waals surface area contributed by atoms with Crippen molar-refractivity contribution in [2.75, 3.05) is 0 Å². The van der Waals surface area contributed by atoms with Gasteiger partial charge in [0.05, 0.1) is 0 Å². The molecule has 0 aromatic carbocycles. The molecule has 0 aliphatic carbocycles. The molecule has 4 nitrogen and oxygen atoms in total. The SMILES string of the molecule is C=CC(=O)N[C@@H](C)Cc1ccnn1C. The Morgan fingerprint density at radius 3 is 3.07 bits per heavy atom. The highest BCUT2D eigenvalue weighted by atomic mass is 16.1. The fraction of sp³-hybridized carbons (Fsp3) is 0.400. The summed E-state index contributed by atoms with van der Waals surface area (Å²) in [6.07, 6.45) is 3.80. The van der Waals surface area contributed by atoms with E-state index < -0.39 is 0 Å². The Morgan fingerprint density at radius 2 is 2.57 bits per heavy atom. The summed E-state index contributed by atoms with van der Waals surface area (Å²) in [5.74, 6) is -0.139. The zero-order chi connectivity index (χ0) is 10.6. The molecule has 0 spiro atoms. The van der Waals surface area contributed by atoms with Gasteiger partial charge in [-0.05, 0) is 19.1 Å². The zero-order valence-corrected chi connectivity index (χ0v) is 8.53. The molecule has 1 amide bonds. The molecule has 0 radical (unpaired) electrons. The van der Waals surface area contributed by atoms with E-state index in [4.69, 9.17) is 0 Å². The maximum absolute atomic E-state index is 11.0. The van der Waals surface area contributed by atoms with E-state index in [9.17, 15) is 4.79 Å². The van der Waals surface area contributed by atoms with E-state index in [1.807, 2.05) is 20.0 Å². The van der Waals surface area contributed by atoms with E-state index in [-0.39, 0.29) is 11.9 Å². The molecule has 0 aliphatic rings. The first-order valence-corrected chi connectivity index (χ1v) is 4.53. The Bertz CT molecular complexity index is 330. The number of hydrogen-bond donors (Lipinski definition) is 1. The highest BCUT2D eigenvalue weighted by Gasteiger charge is 2.07. The number of amides is 1. The third-order valence-electron chi connectivity index (χ3n) is 2.01. The fourth-order valence-corrected chi connectivity index (χ4v) is 1.27. The summed E-state index contributed by atoms with van der Waals surface area (Å²) in [6, 6.07) is 2.03. The molecule has 0 aliphatic heterocycles. The molecule has 1 N–H and O–H groups in total. The van der Waals surface area contributed by atoms with Crippen LogP contribution in [0, 0.1) is 0 Å². The predicted octanol–water partition coefficient (Wildman–Crippen LogP) is 0.653. The molecule has 0 saturated carbocycles. The van der Waals surface area contributed by atoms with E-state index >= 15 is 0 Å². The van der Waals surface area contributed by atoms with Crippen LogP contribution in [0.4, 0.5) is 0 Å². The van der Waals surface area contributed by atoms with Crippen LogP contribution in [0.2, 0.25) is 0 Å². The van der Waals surface area contributed by atoms with E-state index in [0.29, 0.717) is 0 Å². The summed E-state index contributed by atoms with van der Waals surface area (Å²) in [4.78, 5) is 11.0. The summed E-state index contributed by atoms with van der Waals surface area (Å²) in [5, 5.41) is 6.85. The molecule has 0 bridgehead atoms. The minimum absolute atomic E-state index is 0.0934. The largest absolute Gasteiger partial charge is 0.350 e. The van der Waals surface area contributed by atoms with Gasteiger partial charge in [0.15, 0.2) is 0 Å². The molecule has 1 aromatic rings. The van der Waals surface area contributed by atoms with Gasteiger partial charge in [-0.3, -0.25) is 9.48 Å². The molecular formula is C10H15N3O. The van der Waals surface area contributed by atoms with Crippen molar-refractivity contribution in [1.29, 1.82) is 0 Å². The lowest BCUT2D eigenvalue weighted by molar-refractivity contribution is -0.117. The van der Waals surface area contributed by atoms with Crippen LogP contribution in [0.3, 0.4) is 0 Å². The van der Waals surface area contributed by atoms with Crippen LogP contribution < -0.4 is 5.32 Å². The van der Waals surface area contributed by atoms with Crippen molar-refractivity contribution in [3.8, 4) is 0 Å². The first-order valence-electron chi connectivity index (χ1n) is 4.53. The highest BCUT2D eigenvalue weighted by Crippen LogP contribution is 2.00. The molecule has 0 fully saturated rings. The van der Waals surface area contributed by atoms with Crippen LogP contribution in [-0.2, 0) is 18.3 Å². The Balaban J connectivity index is 2.49. The number of carbonyl (C=O) groups excluding carboxylic acids is 1. The van der Waals surface area contributed by atoms with Crippen LogP contribution in [0.25, 0.3) is 0 Å². The van der Waals surface area contributed by atoms with Crippen molar-refractivity contribution < 1.29 is 4.79 Å². The van der Waals surface area contributed by atoms with Gasteiger partial charge < -0.3 is 5.32 Å². The molecule has 0 unspecified atom stereocenters. The number of rotatable bonds is 4. The molecule has 76 valence electrons. The fourth-order valence-electron chi connectivity index (χ4n) is 1.27. The van der Waals surface area contributed by atoms with Crippen LogP contribution in [-0.4, -0.2) is 21.7 Å². The molecule has 4 heteroatoms. The Morgan fingerprint density at radius 1 is 1.86 bits per heavy atom. The third kappa shape index (κ3) is 2.73. The smallest absolute Gasteiger partial charge is 0.243 e. The highest BCUT2D eigenvalue weighted by molar-refractivity contribution is 5.87. The predicted molar refractivity (Wildman–Crippen MR) is 54.7 cm³/mol. The van der Waals surface area contributed by atoms with Crippen LogP contribution in [0.15, 0.2) is 24.9 Å². The van der Waals surface area contributed by atoms with Gasteiger partial charge in [0.1, 0.15) is 0 Å². The molecule has 1 aromatic heterocycles. The van der Waals surface area contributed by atoms with Gasteiger partial charge in [0.25, 0.3) is 0 Å². The molecule has 1 heterocycles. The second-order valence-corrected chi connectivity index (χ2v) is 3.26. The summed E-state index contributed by atoms with van der Waals surface area (Å²) < 4.78 is 1.80. The maximum atomic E-state index is 11.0. The van der Waals surface area contributed by atoms with Crippen molar-refractivity contribution in [1.82, 2.24) is 15.1 Å². The van der Waals surface area contributed by atoms with E-state index in [2.05, 4.69) is 17.0 Å². The Hall–Kier alpha value is -1.58. The van der Waals surface area contributed by atoms with Gasteiger partial charge in [-0.1, -0.05) is 6.58 Å². The monoisotopic (exact) mass is 193 g/mol. The maximum Gasteiger partial charge on any atom is 0.243 e. The number of nitrogens with zero attached hydrogens (tertiary/aromatic N) is 2. The lowest BCUT2D eigenvalue weighted by Gasteiger charge is -2.12. The average Bonchev–Trinajstić information content (AvgIpc) is 2.51. The Kier molecular flexibility index (Phi) is 3.45. The number of nitrogens with one attached hydrogen (secondary N) is 1. The van der Waals surface area contributed by atoms with Crippen molar-refractivity contribution in [2.45, 2.75) is 19.4 Å². The van der Waals surface area contributed by atoms with Crippen LogP contribution in [0.1, 0.15) is 12.6 Å². The van der Waals surface area contributed by atoms with Crippen molar-refractivity contribution in [2.24, 2.45) is 7.05 Å². The molecular weight excluding hydrogens is 178 g/mol. The van der Waals surface area contributed by atoms with E-state index in [1.54, 1.807) is 10.9 Å². The van der Waals surface area contributed by atoms with Crippen LogP contribution >= 0.6 is 0 Å². The topological polar surface area (TPSA) is 46.9 Å². The summed E-state index contributed by atoms with van der Waals surface area (Å²) >= 11 is 0. The zero-order valence-electron chi connectivity index (χ0n) is 8.53. The first kappa shape index (κ1) is 10.5. The third-order valence-corrected chi connectivity index (χ3v) is 2.01. The summed E-state index contributed by atoms with van der Waals surface area (Å²) in [6.45, 7) is 5.35. The van der Waals surface area contributed by atoms with Crippen molar-refractivity contribution in [3.05, 3.63) is 30.6 Å². The quantitative estimate of drug-likeness (QED) is 0.714. The lowest BCUT2D eigenvalue weighted by atomic mass is 10.2. The van der Waals surface area contributed by atoms with Crippen molar-refractivity contribution in [3.63, 3.8) is 0 Å². The second-order valence-electron chi connectivity index (χ2n) is 3.26. The summed E-state index contributed by atoms with van der Waals surface area (Å²) in [7, 11) is 1.89. The summed E-state index contributed by atoms with van der Waals surface area (Å²) in [5.41, 5.74) is 1.10. The normalized spacial score (nSPS) is 12.1.